The number of nitriles is 1. The Morgan fingerprint density at radius 2 is 2.35 bits per heavy atom. The highest BCUT2D eigenvalue weighted by atomic mass is 35.5. The molecule has 3 nitrogen and oxygen atoms in total. The summed E-state index contributed by atoms with van der Waals surface area (Å²) in [5.41, 5.74) is 2.81. The molecular formula is C13H12ClN3. The standard InChI is InChI=1S/C13H12ClN3/c14-13-9(4-15)3-12(7-17-13)8-1-10-5-16-6-11(10)2-8/h1,3,7,10-11,16H,2,5-6H2/t10-,11+/m0/s1. The van der Waals surface area contributed by atoms with Crippen molar-refractivity contribution in [2.45, 2.75) is 6.42 Å². The number of halogens is 1. The number of hydrogen-bond donors (Lipinski definition) is 1. The first-order valence-corrected chi connectivity index (χ1v) is 6.13. The Morgan fingerprint density at radius 1 is 1.47 bits per heavy atom. The van der Waals surface area contributed by atoms with Crippen molar-refractivity contribution < 1.29 is 0 Å². The molecule has 1 aromatic heterocycles. The highest BCUT2D eigenvalue weighted by Gasteiger charge is 2.31. The summed E-state index contributed by atoms with van der Waals surface area (Å²) in [4.78, 5) is 4.07. The smallest absolute Gasteiger partial charge is 0.146 e. The molecule has 17 heavy (non-hydrogen) atoms. The fraction of sp³-hybridized carbons (Fsp3) is 0.385. The monoisotopic (exact) mass is 245 g/mol. The van der Waals surface area contributed by atoms with Crippen molar-refractivity contribution in [2.75, 3.05) is 13.1 Å². The molecule has 1 N–H and O–H groups in total. The van der Waals surface area contributed by atoms with E-state index in [1.54, 1.807) is 6.20 Å². The van der Waals surface area contributed by atoms with Crippen LogP contribution in [0.15, 0.2) is 18.3 Å². The average Bonchev–Trinajstić information content (AvgIpc) is 2.90. The number of allylic oxidation sites excluding steroid dienone is 1. The van der Waals surface area contributed by atoms with Gasteiger partial charge in [0.2, 0.25) is 0 Å². The molecule has 3 rings (SSSR count). The molecule has 2 aliphatic rings. The summed E-state index contributed by atoms with van der Waals surface area (Å²) >= 11 is 5.84. The normalized spacial score (nSPS) is 26.5. The molecule has 0 bridgehead atoms. The van der Waals surface area contributed by atoms with Crippen LogP contribution in [0, 0.1) is 23.2 Å². The number of rotatable bonds is 1. The predicted octanol–water partition coefficient (Wildman–Crippen LogP) is 2.23. The fourth-order valence-electron chi connectivity index (χ4n) is 2.70. The summed E-state index contributed by atoms with van der Waals surface area (Å²) in [6.45, 7) is 2.16. The maximum absolute atomic E-state index is 8.94. The Balaban J connectivity index is 1.93. The minimum atomic E-state index is 0.289. The second-order valence-electron chi connectivity index (χ2n) is 4.65. The van der Waals surface area contributed by atoms with Gasteiger partial charge in [0.1, 0.15) is 11.2 Å². The third kappa shape index (κ3) is 1.84. The highest BCUT2D eigenvalue weighted by molar-refractivity contribution is 6.30. The van der Waals surface area contributed by atoms with E-state index in [2.05, 4.69) is 22.4 Å². The molecule has 1 aliphatic heterocycles. The van der Waals surface area contributed by atoms with E-state index in [4.69, 9.17) is 16.9 Å². The molecule has 0 saturated carbocycles. The molecule has 2 atom stereocenters. The average molecular weight is 246 g/mol. The van der Waals surface area contributed by atoms with Crippen LogP contribution in [-0.4, -0.2) is 18.1 Å². The summed E-state index contributed by atoms with van der Waals surface area (Å²) in [5, 5.41) is 12.6. The molecule has 0 amide bonds. The Kier molecular flexibility index (Phi) is 2.62. The van der Waals surface area contributed by atoms with Crippen molar-refractivity contribution in [3.8, 4) is 6.07 Å². The van der Waals surface area contributed by atoms with Gasteiger partial charge in [0, 0.05) is 12.7 Å². The number of aromatic nitrogens is 1. The van der Waals surface area contributed by atoms with Crippen LogP contribution in [0.3, 0.4) is 0 Å². The van der Waals surface area contributed by atoms with Crippen LogP contribution in [0.2, 0.25) is 5.15 Å². The molecule has 4 heteroatoms. The van der Waals surface area contributed by atoms with E-state index < -0.39 is 0 Å². The summed E-state index contributed by atoms with van der Waals surface area (Å²) in [7, 11) is 0. The van der Waals surface area contributed by atoms with Gasteiger partial charge in [-0.15, -0.1) is 0 Å². The molecule has 86 valence electrons. The van der Waals surface area contributed by atoms with Crippen molar-refractivity contribution in [1.29, 1.82) is 5.26 Å². The zero-order valence-electron chi connectivity index (χ0n) is 9.28. The number of hydrogen-bond acceptors (Lipinski definition) is 3. The van der Waals surface area contributed by atoms with E-state index in [-0.39, 0.29) is 5.15 Å². The molecule has 1 aromatic rings. The Bertz CT molecular complexity index is 530. The summed E-state index contributed by atoms with van der Waals surface area (Å²) in [6.07, 6.45) is 5.16. The lowest BCUT2D eigenvalue weighted by Gasteiger charge is -2.06. The second-order valence-corrected chi connectivity index (χ2v) is 5.01. The largest absolute Gasteiger partial charge is 0.316 e. The maximum atomic E-state index is 8.94. The van der Waals surface area contributed by atoms with Crippen LogP contribution in [0.25, 0.3) is 5.57 Å². The number of fused-ring (bicyclic) bond motifs is 1. The first kappa shape index (κ1) is 10.8. The lowest BCUT2D eigenvalue weighted by Crippen LogP contribution is -2.09. The Labute approximate surface area is 105 Å². The molecule has 1 aliphatic carbocycles. The van der Waals surface area contributed by atoms with E-state index in [0.717, 1.165) is 25.1 Å². The molecule has 0 spiro atoms. The topological polar surface area (TPSA) is 48.7 Å². The summed E-state index contributed by atoms with van der Waals surface area (Å²) < 4.78 is 0. The second kappa shape index (κ2) is 4.14. The number of pyridine rings is 1. The van der Waals surface area contributed by atoms with Crippen LogP contribution in [0.1, 0.15) is 17.5 Å². The van der Waals surface area contributed by atoms with Gasteiger partial charge in [-0.3, -0.25) is 0 Å². The van der Waals surface area contributed by atoms with Crippen LogP contribution >= 0.6 is 11.6 Å². The molecule has 0 aromatic carbocycles. The molecule has 1 fully saturated rings. The van der Waals surface area contributed by atoms with E-state index in [0.29, 0.717) is 17.4 Å². The van der Waals surface area contributed by atoms with Gasteiger partial charge < -0.3 is 5.32 Å². The SMILES string of the molecule is N#Cc1cc(C2=C[C@H]3CNC[C@H]3C2)cnc1Cl. The van der Waals surface area contributed by atoms with Crippen molar-refractivity contribution in [3.05, 3.63) is 34.6 Å². The first-order valence-electron chi connectivity index (χ1n) is 5.75. The van der Waals surface area contributed by atoms with Crippen LogP contribution in [-0.2, 0) is 0 Å². The minimum absolute atomic E-state index is 0.289. The van der Waals surface area contributed by atoms with Crippen LogP contribution < -0.4 is 5.32 Å². The Morgan fingerprint density at radius 3 is 3.12 bits per heavy atom. The van der Waals surface area contributed by atoms with E-state index in [1.165, 1.54) is 5.57 Å². The van der Waals surface area contributed by atoms with Gasteiger partial charge in [-0.1, -0.05) is 17.7 Å². The predicted molar refractivity (Wildman–Crippen MR) is 66.4 cm³/mol. The summed E-state index contributed by atoms with van der Waals surface area (Å²) in [5.74, 6) is 1.36. The van der Waals surface area contributed by atoms with Crippen molar-refractivity contribution in [3.63, 3.8) is 0 Å². The quantitative estimate of drug-likeness (QED) is 0.772. The van der Waals surface area contributed by atoms with Gasteiger partial charge in [0.15, 0.2) is 0 Å². The molecule has 0 radical (unpaired) electrons. The Hall–Kier alpha value is -1.37. The third-order valence-electron chi connectivity index (χ3n) is 3.62. The van der Waals surface area contributed by atoms with Crippen molar-refractivity contribution in [2.24, 2.45) is 11.8 Å². The van der Waals surface area contributed by atoms with Crippen molar-refractivity contribution in [1.82, 2.24) is 10.3 Å². The van der Waals surface area contributed by atoms with Crippen LogP contribution in [0.4, 0.5) is 0 Å². The molecule has 2 heterocycles. The maximum Gasteiger partial charge on any atom is 0.146 e. The van der Waals surface area contributed by atoms with Gasteiger partial charge in [0.25, 0.3) is 0 Å². The highest BCUT2D eigenvalue weighted by Crippen LogP contribution is 2.38. The van der Waals surface area contributed by atoms with Gasteiger partial charge in [-0.2, -0.15) is 5.26 Å². The van der Waals surface area contributed by atoms with Gasteiger partial charge >= 0.3 is 0 Å². The summed E-state index contributed by atoms with van der Waals surface area (Å²) in [6, 6.07) is 3.92. The van der Waals surface area contributed by atoms with E-state index in [9.17, 15) is 0 Å². The van der Waals surface area contributed by atoms with Crippen LogP contribution in [0.5, 0.6) is 0 Å². The zero-order chi connectivity index (χ0) is 11.8. The molecule has 0 unspecified atom stereocenters. The molecule has 1 saturated heterocycles. The van der Waals surface area contributed by atoms with Gasteiger partial charge in [-0.05, 0) is 42.0 Å². The number of nitrogens with one attached hydrogen (secondary N) is 1. The number of nitrogens with zero attached hydrogens (tertiary/aromatic N) is 2. The van der Waals surface area contributed by atoms with Gasteiger partial charge in [-0.25, -0.2) is 4.98 Å². The lowest BCUT2D eigenvalue weighted by atomic mass is 9.98. The van der Waals surface area contributed by atoms with E-state index in [1.807, 2.05) is 6.07 Å². The fourth-order valence-corrected chi connectivity index (χ4v) is 2.84. The lowest BCUT2D eigenvalue weighted by molar-refractivity contribution is 0.536. The van der Waals surface area contributed by atoms with E-state index >= 15 is 0 Å². The third-order valence-corrected chi connectivity index (χ3v) is 3.92. The minimum Gasteiger partial charge on any atom is -0.316 e. The van der Waals surface area contributed by atoms with Gasteiger partial charge in [0.05, 0.1) is 5.56 Å². The van der Waals surface area contributed by atoms with Crippen molar-refractivity contribution >= 4 is 17.2 Å². The first-order chi connectivity index (χ1) is 8.28. The molecular weight excluding hydrogens is 234 g/mol. The zero-order valence-corrected chi connectivity index (χ0v) is 10.0.